The molecular weight excluding hydrogens is 222 g/mol. The Morgan fingerprint density at radius 3 is 2.17 bits per heavy atom. The number of hydroxylamine groups is 1. The summed E-state index contributed by atoms with van der Waals surface area (Å²) in [5.41, 5.74) is 0.328. The van der Waals surface area contributed by atoms with Crippen LogP contribution in [0, 0.1) is 28.9 Å². The van der Waals surface area contributed by atoms with E-state index >= 15 is 0 Å². The Kier molecular flexibility index (Phi) is 5.26. The van der Waals surface area contributed by atoms with Crippen molar-refractivity contribution in [1.29, 1.82) is 0 Å². The summed E-state index contributed by atoms with van der Waals surface area (Å²) < 4.78 is 1.09. The van der Waals surface area contributed by atoms with Crippen LogP contribution in [0.4, 0.5) is 0 Å². The quantitative estimate of drug-likeness (QED) is 0.227. The van der Waals surface area contributed by atoms with E-state index in [9.17, 15) is 5.21 Å². The van der Waals surface area contributed by atoms with Crippen molar-refractivity contribution in [2.45, 2.75) is 72.3 Å². The average molecular weight is 249 g/mol. The predicted molar refractivity (Wildman–Crippen MR) is 77.6 cm³/mol. The summed E-state index contributed by atoms with van der Waals surface area (Å²) >= 11 is 0. The molecule has 2 heteroatoms. The predicted octanol–water partition coefficient (Wildman–Crippen LogP) is 3.98. The highest BCUT2D eigenvalue weighted by atomic mass is 16.5. The van der Waals surface area contributed by atoms with Gasteiger partial charge >= 0.3 is 0 Å². The zero-order valence-electron chi connectivity index (χ0n) is 12.5. The van der Waals surface area contributed by atoms with Crippen molar-refractivity contribution in [2.24, 2.45) is 11.8 Å². The highest BCUT2D eigenvalue weighted by Gasteiger charge is 2.24. The summed E-state index contributed by atoms with van der Waals surface area (Å²) in [6.07, 6.45) is 6.32. The first-order chi connectivity index (χ1) is 8.32. The summed E-state index contributed by atoms with van der Waals surface area (Å²) in [7, 11) is 0. The van der Waals surface area contributed by atoms with Crippen LogP contribution in [0.3, 0.4) is 0 Å². The Bertz CT molecular complexity index is 357. The second kappa shape index (κ2) is 6.27. The largest absolute Gasteiger partial charge is 0.623 e. The van der Waals surface area contributed by atoms with Gasteiger partial charge in [-0.1, -0.05) is 39.0 Å². The molecule has 2 nitrogen and oxygen atoms in total. The monoisotopic (exact) mass is 249 g/mol. The molecule has 0 heterocycles. The second-order valence-corrected chi connectivity index (χ2v) is 6.61. The van der Waals surface area contributed by atoms with Crippen molar-refractivity contribution in [3.63, 3.8) is 0 Å². The number of nitrogens with zero attached hydrogens (tertiary/aromatic N) is 1. The second-order valence-electron chi connectivity index (χ2n) is 6.61. The van der Waals surface area contributed by atoms with E-state index < -0.39 is 5.54 Å². The summed E-state index contributed by atoms with van der Waals surface area (Å²) in [4.78, 5) is 0. The van der Waals surface area contributed by atoms with Crippen molar-refractivity contribution in [3.8, 4) is 11.8 Å². The minimum Gasteiger partial charge on any atom is -0.623 e. The van der Waals surface area contributed by atoms with E-state index in [1.165, 1.54) is 32.1 Å². The lowest BCUT2D eigenvalue weighted by molar-refractivity contribution is -0.536. The fourth-order valence-electron chi connectivity index (χ4n) is 2.21. The lowest BCUT2D eigenvalue weighted by atomic mass is 9.89. The molecule has 18 heavy (non-hydrogen) atoms. The van der Waals surface area contributed by atoms with E-state index in [1.54, 1.807) is 0 Å². The number of hydrogen-bond donors (Lipinski definition) is 0. The van der Waals surface area contributed by atoms with Crippen molar-refractivity contribution in [3.05, 3.63) is 5.21 Å². The molecule has 0 amide bonds. The van der Waals surface area contributed by atoms with Gasteiger partial charge in [0.1, 0.15) is 0 Å². The fraction of sp³-hybridized carbons (Fsp3) is 0.812. The molecule has 0 bridgehead atoms. The van der Waals surface area contributed by atoms with E-state index in [4.69, 9.17) is 0 Å². The normalized spacial score (nSPS) is 19.2. The third-order valence-corrected chi connectivity index (χ3v) is 3.38. The molecule has 0 aromatic rings. The third-order valence-electron chi connectivity index (χ3n) is 3.38. The van der Waals surface area contributed by atoms with Gasteiger partial charge in [0.2, 0.25) is 5.71 Å². The van der Waals surface area contributed by atoms with Gasteiger partial charge in [0.25, 0.3) is 0 Å². The van der Waals surface area contributed by atoms with Crippen LogP contribution in [-0.2, 0) is 0 Å². The molecule has 0 unspecified atom stereocenters. The van der Waals surface area contributed by atoms with E-state index in [-0.39, 0.29) is 5.92 Å². The van der Waals surface area contributed by atoms with E-state index in [2.05, 4.69) is 11.8 Å². The fourth-order valence-corrected chi connectivity index (χ4v) is 2.21. The zero-order valence-corrected chi connectivity index (χ0v) is 12.5. The lowest BCUT2D eigenvalue weighted by Gasteiger charge is -2.22. The van der Waals surface area contributed by atoms with Gasteiger partial charge in [-0.15, -0.1) is 0 Å². The number of hydrogen-bond acceptors (Lipinski definition) is 1. The van der Waals surface area contributed by atoms with Crippen molar-refractivity contribution < 1.29 is 4.74 Å². The standard InChI is InChI=1S/C16H27NO/c1-13(2)15(17(18)16(3,4)5)12-11-14-9-7-6-8-10-14/h13-14H,6-10H2,1-5H3/b17-15-. The zero-order chi connectivity index (χ0) is 13.8. The molecule has 0 radical (unpaired) electrons. The Balaban J connectivity index is 2.90. The SMILES string of the molecule is CC(C)/C(C#CC1CCCCC1)=[N+](\[O-])C(C)(C)C. The molecule has 1 aliphatic rings. The van der Waals surface area contributed by atoms with Gasteiger partial charge in [-0.25, -0.2) is 0 Å². The Morgan fingerprint density at radius 2 is 1.72 bits per heavy atom. The molecule has 1 rings (SSSR count). The van der Waals surface area contributed by atoms with Crippen LogP contribution in [0.2, 0.25) is 0 Å². The molecule has 0 aromatic heterocycles. The van der Waals surface area contributed by atoms with Crippen LogP contribution in [0.25, 0.3) is 0 Å². The van der Waals surface area contributed by atoms with Crippen LogP contribution < -0.4 is 0 Å². The smallest absolute Gasteiger partial charge is 0.241 e. The van der Waals surface area contributed by atoms with Gasteiger partial charge in [-0.05, 0) is 18.8 Å². The molecule has 0 saturated heterocycles. The van der Waals surface area contributed by atoms with Crippen LogP contribution in [-0.4, -0.2) is 16.0 Å². The molecule has 0 atom stereocenters. The Labute approximate surface area is 112 Å². The van der Waals surface area contributed by atoms with Crippen molar-refractivity contribution in [2.75, 3.05) is 0 Å². The maximum absolute atomic E-state index is 12.3. The molecule has 0 aromatic carbocycles. The molecule has 1 fully saturated rings. The molecular formula is C16H27NO. The molecule has 1 aliphatic carbocycles. The minimum atomic E-state index is -0.402. The summed E-state index contributed by atoms with van der Waals surface area (Å²) in [5, 5.41) is 12.3. The first-order valence-corrected chi connectivity index (χ1v) is 7.18. The van der Waals surface area contributed by atoms with Gasteiger partial charge in [0.15, 0.2) is 5.54 Å². The summed E-state index contributed by atoms with van der Waals surface area (Å²) in [5.74, 6) is 7.20. The van der Waals surface area contributed by atoms with Gasteiger partial charge in [0, 0.05) is 32.6 Å². The lowest BCUT2D eigenvalue weighted by Crippen LogP contribution is -2.35. The van der Waals surface area contributed by atoms with Crippen LogP contribution in [0.1, 0.15) is 66.7 Å². The minimum absolute atomic E-state index is 0.192. The van der Waals surface area contributed by atoms with Crippen molar-refractivity contribution in [1.82, 2.24) is 0 Å². The van der Waals surface area contributed by atoms with Gasteiger partial charge < -0.3 is 5.21 Å². The third kappa shape index (κ3) is 4.37. The molecule has 1 saturated carbocycles. The highest BCUT2D eigenvalue weighted by molar-refractivity contribution is 5.98. The van der Waals surface area contributed by atoms with E-state index in [1.807, 2.05) is 34.6 Å². The maximum Gasteiger partial charge on any atom is 0.241 e. The summed E-state index contributed by atoms with van der Waals surface area (Å²) in [6, 6.07) is 0. The average Bonchev–Trinajstić information content (AvgIpc) is 2.28. The maximum atomic E-state index is 12.3. The topological polar surface area (TPSA) is 26.1 Å². The van der Waals surface area contributed by atoms with Crippen LogP contribution in [0.5, 0.6) is 0 Å². The Hall–Kier alpha value is -0.970. The van der Waals surface area contributed by atoms with Gasteiger partial charge in [0.05, 0.1) is 0 Å². The Morgan fingerprint density at radius 1 is 1.17 bits per heavy atom. The van der Waals surface area contributed by atoms with E-state index in [0.717, 1.165) is 10.5 Å². The van der Waals surface area contributed by atoms with E-state index in [0.29, 0.717) is 5.92 Å². The number of rotatable bonds is 1. The first kappa shape index (κ1) is 15.1. The van der Waals surface area contributed by atoms with Gasteiger partial charge in [-0.3, -0.25) is 0 Å². The van der Waals surface area contributed by atoms with Crippen LogP contribution >= 0.6 is 0 Å². The first-order valence-electron chi connectivity index (χ1n) is 7.18. The summed E-state index contributed by atoms with van der Waals surface area (Å²) in [6.45, 7) is 9.89. The van der Waals surface area contributed by atoms with Gasteiger partial charge in [-0.2, -0.15) is 4.74 Å². The van der Waals surface area contributed by atoms with Crippen LogP contribution in [0.15, 0.2) is 0 Å². The molecule has 102 valence electrons. The van der Waals surface area contributed by atoms with Crippen molar-refractivity contribution >= 4 is 5.71 Å². The molecule has 0 spiro atoms. The highest BCUT2D eigenvalue weighted by Crippen LogP contribution is 2.22. The molecule has 0 N–H and O–H groups in total. The molecule has 0 aliphatic heterocycles.